The molecule has 0 unspecified atom stereocenters. The quantitative estimate of drug-likeness (QED) is 0.868. The van der Waals surface area contributed by atoms with Crippen molar-refractivity contribution in [2.24, 2.45) is 0 Å². The number of nitrogens with one attached hydrogen (secondary N) is 2. The van der Waals surface area contributed by atoms with Crippen LogP contribution in [-0.4, -0.2) is 33.4 Å². The Kier molecular flexibility index (Phi) is 5.42. The van der Waals surface area contributed by atoms with Crippen molar-refractivity contribution in [3.05, 3.63) is 23.8 Å². The molecule has 7 heteroatoms. The molecule has 22 heavy (non-hydrogen) atoms. The SMILES string of the molecule is CCOC(=O)Nc1ccc(S(=O)(=O)CC)c([C@H]2CCCN2)c1. The van der Waals surface area contributed by atoms with Crippen LogP contribution in [0.25, 0.3) is 0 Å². The van der Waals surface area contributed by atoms with Gasteiger partial charge in [0.05, 0.1) is 17.3 Å². The molecule has 122 valence electrons. The summed E-state index contributed by atoms with van der Waals surface area (Å²) in [7, 11) is -3.31. The number of hydrogen-bond donors (Lipinski definition) is 2. The Morgan fingerprint density at radius 2 is 2.18 bits per heavy atom. The number of carbonyl (C=O) groups is 1. The van der Waals surface area contributed by atoms with E-state index in [4.69, 9.17) is 4.74 Å². The first kappa shape index (κ1) is 16.8. The molecule has 1 aliphatic rings. The monoisotopic (exact) mass is 326 g/mol. The number of rotatable bonds is 5. The Balaban J connectivity index is 2.37. The maximum absolute atomic E-state index is 12.3. The molecule has 1 amide bonds. The summed E-state index contributed by atoms with van der Waals surface area (Å²) in [5.41, 5.74) is 1.26. The van der Waals surface area contributed by atoms with Gasteiger partial charge in [0.15, 0.2) is 9.84 Å². The minimum Gasteiger partial charge on any atom is -0.450 e. The van der Waals surface area contributed by atoms with Gasteiger partial charge in [-0.15, -0.1) is 0 Å². The Bertz CT molecular complexity index is 637. The normalized spacial score (nSPS) is 18.2. The van der Waals surface area contributed by atoms with Gasteiger partial charge in [0, 0.05) is 11.7 Å². The van der Waals surface area contributed by atoms with E-state index in [1.165, 1.54) is 0 Å². The summed E-state index contributed by atoms with van der Waals surface area (Å²) in [6, 6.07) is 4.89. The van der Waals surface area contributed by atoms with Gasteiger partial charge in [0.1, 0.15) is 0 Å². The highest BCUT2D eigenvalue weighted by Crippen LogP contribution is 2.31. The van der Waals surface area contributed by atoms with Crippen LogP contribution < -0.4 is 10.6 Å². The molecule has 1 atom stereocenters. The standard InChI is InChI=1S/C15H22N2O4S/c1-3-21-15(18)17-11-7-8-14(22(19,20)4-2)12(10-11)13-6-5-9-16-13/h7-8,10,13,16H,3-6,9H2,1-2H3,(H,17,18)/t13-/m1/s1. The van der Waals surface area contributed by atoms with Crippen molar-refractivity contribution in [3.63, 3.8) is 0 Å². The van der Waals surface area contributed by atoms with E-state index in [2.05, 4.69) is 10.6 Å². The third-order valence-electron chi connectivity index (χ3n) is 3.68. The second-order valence-electron chi connectivity index (χ2n) is 5.15. The molecule has 1 aromatic carbocycles. The fraction of sp³-hybridized carbons (Fsp3) is 0.533. The first-order valence-corrected chi connectivity index (χ1v) is 9.17. The number of benzene rings is 1. The van der Waals surface area contributed by atoms with E-state index in [1.807, 2.05) is 0 Å². The predicted molar refractivity (Wildman–Crippen MR) is 84.8 cm³/mol. The lowest BCUT2D eigenvalue weighted by Gasteiger charge is -2.17. The Labute approximate surface area is 131 Å². The highest BCUT2D eigenvalue weighted by Gasteiger charge is 2.25. The first-order chi connectivity index (χ1) is 10.5. The fourth-order valence-electron chi connectivity index (χ4n) is 2.57. The van der Waals surface area contributed by atoms with Crippen molar-refractivity contribution in [1.82, 2.24) is 5.32 Å². The maximum Gasteiger partial charge on any atom is 0.411 e. The average molecular weight is 326 g/mol. The zero-order valence-electron chi connectivity index (χ0n) is 12.9. The van der Waals surface area contributed by atoms with Crippen LogP contribution in [0, 0.1) is 0 Å². The van der Waals surface area contributed by atoms with E-state index in [-0.39, 0.29) is 18.4 Å². The Hall–Kier alpha value is -1.60. The third-order valence-corrected chi connectivity index (χ3v) is 5.48. The van der Waals surface area contributed by atoms with Gasteiger partial charge in [-0.25, -0.2) is 13.2 Å². The van der Waals surface area contributed by atoms with Crippen molar-refractivity contribution in [2.45, 2.75) is 37.6 Å². The topological polar surface area (TPSA) is 84.5 Å². The fourth-order valence-corrected chi connectivity index (χ4v) is 3.72. The summed E-state index contributed by atoms with van der Waals surface area (Å²) in [6.45, 7) is 4.51. The molecule has 0 bridgehead atoms. The van der Waals surface area contributed by atoms with E-state index < -0.39 is 15.9 Å². The van der Waals surface area contributed by atoms with E-state index in [1.54, 1.807) is 32.0 Å². The molecular formula is C15H22N2O4S. The average Bonchev–Trinajstić information content (AvgIpc) is 3.01. The van der Waals surface area contributed by atoms with Crippen LogP contribution in [0.1, 0.15) is 38.3 Å². The lowest BCUT2D eigenvalue weighted by atomic mass is 10.0. The lowest BCUT2D eigenvalue weighted by Crippen LogP contribution is -2.19. The van der Waals surface area contributed by atoms with Crippen LogP contribution in [0.15, 0.2) is 23.1 Å². The number of sulfone groups is 1. The highest BCUT2D eigenvalue weighted by molar-refractivity contribution is 7.91. The van der Waals surface area contributed by atoms with Crippen LogP contribution >= 0.6 is 0 Å². The molecule has 1 heterocycles. The third kappa shape index (κ3) is 3.78. The van der Waals surface area contributed by atoms with Gasteiger partial charge >= 0.3 is 6.09 Å². The maximum atomic E-state index is 12.3. The molecular weight excluding hydrogens is 304 g/mol. The number of ether oxygens (including phenoxy) is 1. The zero-order valence-corrected chi connectivity index (χ0v) is 13.7. The van der Waals surface area contributed by atoms with E-state index in [0.717, 1.165) is 19.4 Å². The Morgan fingerprint density at radius 1 is 1.41 bits per heavy atom. The molecule has 0 spiro atoms. The number of hydrogen-bond acceptors (Lipinski definition) is 5. The minimum atomic E-state index is -3.31. The minimum absolute atomic E-state index is 0.000251. The van der Waals surface area contributed by atoms with Gasteiger partial charge in [-0.3, -0.25) is 5.32 Å². The molecule has 1 saturated heterocycles. The molecule has 2 N–H and O–H groups in total. The van der Waals surface area contributed by atoms with Crippen LogP contribution in [0.2, 0.25) is 0 Å². The molecule has 0 aliphatic carbocycles. The van der Waals surface area contributed by atoms with Gasteiger partial charge in [-0.2, -0.15) is 0 Å². The van der Waals surface area contributed by atoms with Crippen LogP contribution in [0.5, 0.6) is 0 Å². The molecule has 0 saturated carbocycles. The first-order valence-electron chi connectivity index (χ1n) is 7.51. The molecule has 2 rings (SSSR count). The van der Waals surface area contributed by atoms with Gasteiger partial charge in [-0.1, -0.05) is 6.92 Å². The Morgan fingerprint density at radius 3 is 2.77 bits per heavy atom. The van der Waals surface area contributed by atoms with Gasteiger partial charge in [0.25, 0.3) is 0 Å². The second-order valence-corrected chi connectivity index (χ2v) is 7.40. The largest absolute Gasteiger partial charge is 0.450 e. The lowest BCUT2D eigenvalue weighted by molar-refractivity contribution is 0.168. The molecule has 6 nitrogen and oxygen atoms in total. The van der Waals surface area contributed by atoms with Crippen LogP contribution in [0.3, 0.4) is 0 Å². The van der Waals surface area contributed by atoms with E-state index in [9.17, 15) is 13.2 Å². The smallest absolute Gasteiger partial charge is 0.411 e. The van der Waals surface area contributed by atoms with Gasteiger partial charge < -0.3 is 10.1 Å². The summed E-state index contributed by atoms with van der Waals surface area (Å²) in [5.74, 6) is 0.0529. The highest BCUT2D eigenvalue weighted by atomic mass is 32.2. The van der Waals surface area contributed by atoms with Gasteiger partial charge in [-0.05, 0) is 50.1 Å². The molecule has 1 aromatic rings. The summed E-state index contributed by atoms with van der Waals surface area (Å²) in [5, 5.41) is 5.93. The number of amides is 1. The van der Waals surface area contributed by atoms with Crippen LogP contribution in [0.4, 0.5) is 10.5 Å². The predicted octanol–water partition coefficient (Wildman–Crippen LogP) is 2.47. The summed E-state index contributed by atoms with van der Waals surface area (Å²) in [6.07, 6.45) is 1.35. The van der Waals surface area contributed by atoms with Crippen molar-refractivity contribution in [3.8, 4) is 0 Å². The molecule has 1 aliphatic heterocycles. The van der Waals surface area contributed by atoms with Crippen molar-refractivity contribution in [2.75, 3.05) is 24.2 Å². The number of anilines is 1. The molecule has 1 fully saturated rings. The molecule has 0 radical (unpaired) electrons. The van der Waals surface area contributed by atoms with Crippen molar-refractivity contribution in [1.29, 1.82) is 0 Å². The van der Waals surface area contributed by atoms with Gasteiger partial charge in [0.2, 0.25) is 0 Å². The van der Waals surface area contributed by atoms with E-state index >= 15 is 0 Å². The zero-order chi connectivity index (χ0) is 16.2. The van der Waals surface area contributed by atoms with Crippen molar-refractivity contribution >= 4 is 21.6 Å². The molecule has 0 aromatic heterocycles. The van der Waals surface area contributed by atoms with Crippen molar-refractivity contribution < 1.29 is 17.9 Å². The summed E-state index contributed by atoms with van der Waals surface area (Å²) >= 11 is 0. The van der Waals surface area contributed by atoms with E-state index in [0.29, 0.717) is 16.1 Å². The second kappa shape index (κ2) is 7.11. The summed E-state index contributed by atoms with van der Waals surface area (Å²) < 4.78 is 29.4. The van der Waals surface area contributed by atoms with Crippen LogP contribution in [-0.2, 0) is 14.6 Å². The summed E-state index contributed by atoms with van der Waals surface area (Å²) in [4.78, 5) is 11.9. The number of carbonyl (C=O) groups excluding carboxylic acids is 1.